The number of hydrogen-bond acceptors (Lipinski definition) is 8. The highest BCUT2D eigenvalue weighted by molar-refractivity contribution is 9.10. The Morgan fingerprint density at radius 3 is 2.18 bits per heavy atom. The second kappa shape index (κ2) is 11.8. The van der Waals surface area contributed by atoms with E-state index < -0.39 is 0 Å². The topological polar surface area (TPSA) is 73.3 Å². The molecule has 4 aromatic rings. The van der Waals surface area contributed by atoms with Crippen molar-refractivity contribution in [3.63, 3.8) is 0 Å². The first-order valence-electron chi connectivity index (χ1n) is 13.0. The second-order valence-corrected chi connectivity index (χ2v) is 12.7. The molecular weight excluding hydrogens is 608 g/mol. The summed E-state index contributed by atoms with van der Waals surface area (Å²) in [7, 11) is 2.22. The molecule has 1 saturated heterocycles. The zero-order valence-corrected chi connectivity index (χ0v) is 25.3. The number of rotatable bonds is 9. The minimum atomic E-state index is 0.0884. The van der Waals surface area contributed by atoms with Crippen LogP contribution in [0.15, 0.2) is 57.7 Å². The van der Waals surface area contributed by atoms with Crippen molar-refractivity contribution in [2.24, 2.45) is 5.41 Å². The van der Waals surface area contributed by atoms with Gasteiger partial charge in [0.05, 0.1) is 34.5 Å². The van der Waals surface area contributed by atoms with Crippen LogP contribution in [-0.4, -0.2) is 89.1 Å². The summed E-state index contributed by atoms with van der Waals surface area (Å²) in [4.78, 5) is 26.0. The van der Waals surface area contributed by atoms with Crippen molar-refractivity contribution >= 4 is 65.6 Å². The number of likely N-dealkylation sites (N-methyl/N-ethyl adjacent to an activating group) is 1. The van der Waals surface area contributed by atoms with Crippen molar-refractivity contribution in [2.75, 3.05) is 69.6 Å². The molecule has 0 bridgehead atoms. The summed E-state index contributed by atoms with van der Waals surface area (Å²) in [5.41, 5.74) is 3.73. The fourth-order valence-corrected chi connectivity index (χ4v) is 5.60. The van der Waals surface area contributed by atoms with E-state index in [0.717, 1.165) is 95.0 Å². The molecular formula is C28H34Br2N8. The van der Waals surface area contributed by atoms with E-state index in [4.69, 9.17) is 9.97 Å². The summed E-state index contributed by atoms with van der Waals surface area (Å²) in [5, 5.41) is 3.50. The van der Waals surface area contributed by atoms with E-state index in [1.165, 1.54) is 0 Å². The summed E-state index contributed by atoms with van der Waals surface area (Å²) >= 11 is 7.05. The number of benzene rings is 2. The lowest BCUT2D eigenvalue weighted by Gasteiger charge is -2.37. The van der Waals surface area contributed by atoms with Gasteiger partial charge in [-0.3, -0.25) is 14.9 Å². The van der Waals surface area contributed by atoms with Gasteiger partial charge < -0.3 is 15.1 Å². The van der Waals surface area contributed by atoms with Gasteiger partial charge in [-0.1, -0.05) is 45.7 Å². The molecule has 0 unspecified atom stereocenters. The third-order valence-electron chi connectivity index (χ3n) is 6.94. The lowest BCUT2D eigenvalue weighted by Crippen LogP contribution is -2.49. The Hall–Kier alpha value is -2.40. The fourth-order valence-electron chi connectivity index (χ4n) is 4.91. The first-order valence-corrected chi connectivity index (χ1v) is 14.6. The molecule has 0 radical (unpaired) electrons. The van der Waals surface area contributed by atoms with Crippen molar-refractivity contribution in [2.45, 2.75) is 13.8 Å². The van der Waals surface area contributed by atoms with E-state index in [-0.39, 0.29) is 5.41 Å². The van der Waals surface area contributed by atoms with E-state index in [9.17, 15) is 0 Å². The second-order valence-electron chi connectivity index (χ2n) is 10.8. The number of fused-ring (bicyclic) bond motifs is 2. The Morgan fingerprint density at radius 1 is 0.868 bits per heavy atom. The van der Waals surface area contributed by atoms with Crippen LogP contribution >= 0.6 is 31.9 Å². The largest absolute Gasteiger partial charge is 0.368 e. The number of halogens is 2. The Kier molecular flexibility index (Phi) is 8.42. The van der Waals surface area contributed by atoms with Gasteiger partial charge in [-0.2, -0.15) is 0 Å². The summed E-state index contributed by atoms with van der Waals surface area (Å²) in [6.07, 6.45) is 3.72. The average molecular weight is 642 g/mol. The van der Waals surface area contributed by atoms with Gasteiger partial charge in [0, 0.05) is 61.3 Å². The van der Waals surface area contributed by atoms with Crippen LogP contribution in [0, 0.1) is 5.41 Å². The maximum absolute atomic E-state index is 4.85. The van der Waals surface area contributed by atoms with Crippen molar-refractivity contribution < 1.29 is 0 Å². The van der Waals surface area contributed by atoms with Gasteiger partial charge in [0.2, 0.25) is 0 Å². The minimum absolute atomic E-state index is 0.0884. The highest BCUT2D eigenvalue weighted by atomic mass is 79.9. The molecule has 3 heterocycles. The third-order valence-corrected chi connectivity index (χ3v) is 7.92. The third kappa shape index (κ3) is 6.97. The number of nitrogens with one attached hydrogen (secondary N) is 1. The maximum Gasteiger partial charge on any atom is 0.147 e. The van der Waals surface area contributed by atoms with Crippen molar-refractivity contribution in [1.29, 1.82) is 0 Å². The van der Waals surface area contributed by atoms with E-state index >= 15 is 0 Å². The Balaban J connectivity index is 1.06. The van der Waals surface area contributed by atoms with Gasteiger partial charge in [0.25, 0.3) is 0 Å². The molecule has 38 heavy (non-hydrogen) atoms. The predicted molar refractivity (Wildman–Crippen MR) is 163 cm³/mol. The van der Waals surface area contributed by atoms with Crippen LogP contribution in [-0.2, 0) is 0 Å². The quantitative estimate of drug-likeness (QED) is 0.264. The lowest BCUT2D eigenvalue weighted by molar-refractivity contribution is 0.178. The molecule has 2 aromatic carbocycles. The standard InChI is InChI=1S/C28H34Br2N8/c1-28(2,18-33-26-16-31-22-6-4-20(29)14-24(22)34-26)19-36(3)8-9-37-10-12-38(13-11-37)27-17-32-23-7-5-21(30)15-25(23)35-27/h4-7,14-17H,8-13,18-19H2,1-3H3,(H,33,34). The van der Waals surface area contributed by atoms with Gasteiger partial charge in [-0.05, 0) is 48.9 Å². The maximum atomic E-state index is 4.85. The number of anilines is 2. The molecule has 0 amide bonds. The molecule has 1 N–H and O–H groups in total. The minimum Gasteiger partial charge on any atom is -0.368 e. The monoisotopic (exact) mass is 640 g/mol. The number of hydrogen-bond donors (Lipinski definition) is 1. The van der Waals surface area contributed by atoms with Gasteiger partial charge in [0.1, 0.15) is 11.6 Å². The van der Waals surface area contributed by atoms with E-state index in [2.05, 4.69) is 82.7 Å². The van der Waals surface area contributed by atoms with Gasteiger partial charge in [0.15, 0.2) is 0 Å². The summed E-state index contributed by atoms with van der Waals surface area (Å²) in [6, 6.07) is 12.0. The first kappa shape index (κ1) is 27.2. The van der Waals surface area contributed by atoms with Gasteiger partial charge >= 0.3 is 0 Å². The van der Waals surface area contributed by atoms with E-state index in [1.54, 1.807) is 0 Å². The SMILES string of the molecule is CN(CCN1CCN(c2cnc3ccc(Br)cc3n2)CC1)CC(C)(C)CNc1cnc2ccc(Br)cc2n1. The van der Waals surface area contributed by atoms with Gasteiger partial charge in [-0.25, -0.2) is 9.97 Å². The molecule has 0 saturated carbocycles. The number of aromatic nitrogens is 4. The molecule has 2 aromatic heterocycles. The number of nitrogens with zero attached hydrogens (tertiary/aromatic N) is 7. The lowest BCUT2D eigenvalue weighted by atomic mass is 9.93. The van der Waals surface area contributed by atoms with Crippen molar-refractivity contribution in [3.8, 4) is 0 Å². The molecule has 5 rings (SSSR count). The predicted octanol–water partition coefficient (Wildman–Crippen LogP) is 5.29. The van der Waals surface area contributed by atoms with E-state index in [1.807, 2.05) is 48.8 Å². The fraction of sp³-hybridized carbons (Fsp3) is 0.429. The van der Waals surface area contributed by atoms with Gasteiger partial charge in [-0.15, -0.1) is 0 Å². The molecule has 200 valence electrons. The normalized spacial score (nSPS) is 15.1. The van der Waals surface area contributed by atoms with Crippen LogP contribution in [0.2, 0.25) is 0 Å². The Morgan fingerprint density at radius 2 is 1.50 bits per heavy atom. The molecule has 1 fully saturated rings. The van der Waals surface area contributed by atoms with Crippen LogP contribution < -0.4 is 10.2 Å². The molecule has 1 aliphatic heterocycles. The zero-order valence-electron chi connectivity index (χ0n) is 22.2. The summed E-state index contributed by atoms with van der Waals surface area (Å²) in [6.45, 7) is 12.5. The first-order chi connectivity index (χ1) is 18.2. The van der Waals surface area contributed by atoms with Crippen molar-refractivity contribution in [1.82, 2.24) is 29.7 Å². The number of piperazine rings is 1. The molecule has 10 heteroatoms. The van der Waals surface area contributed by atoms with Crippen LogP contribution in [0.25, 0.3) is 22.1 Å². The molecule has 0 aliphatic carbocycles. The van der Waals surface area contributed by atoms with Crippen LogP contribution in [0.4, 0.5) is 11.6 Å². The molecule has 1 aliphatic rings. The average Bonchev–Trinajstić information content (AvgIpc) is 2.90. The van der Waals surface area contributed by atoms with Crippen molar-refractivity contribution in [3.05, 3.63) is 57.7 Å². The summed E-state index contributed by atoms with van der Waals surface area (Å²) in [5.74, 6) is 1.78. The van der Waals surface area contributed by atoms with Crippen LogP contribution in [0.5, 0.6) is 0 Å². The van der Waals surface area contributed by atoms with E-state index in [0.29, 0.717) is 0 Å². The Labute approximate surface area is 241 Å². The highest BCUT2D eigenvalue weighted by Gasteiger charge is 2.22. The van der Waals surface area contributed by atoms with Crippen LogP contribution in [0.1, 0.15) is 13.8 Å². The zero-order chi connectivity index (χ0) is 26.7. The molecule has 0 atom stereocenters. The Bertz CT molecular complexity index is 1400. The smallest absolute Gasteiger partial charge is 0.147 e. The summed E-state index contributed by atoms with van der Waals surface area (Å²) < 4.78 is 2.04. The molecule has 0 spiro atoms. The highest BCUT2D eigenvalue weighted by Crippen LogP contribution is 2.22. The molecule has 8 nitrogen and oxygen atoms in total. The van der Waals surface area contributed by atoms with Crippen LogP contribution in [0.3, 0.4) is 0 Å².